The number of anilines is 2. The predicted molar refractivity (Wildman–Crippen MR) is 142 cm³/mol. The molecule has 1 aromatic heterocycles. The summed E-state index contributed by atoms with van der Waals surface area (Å²) in [4.78, 5) is 37.7. The van der Waals surface area contributed by atoms with E-state index in [1.54, 1.807) is 34.0 Å². The van der Waals surface area contributed by atoms with Gasteiger partial charge >= 0.3 is 11.9 Å². The molecule has 0 bridgehead atoms. The van der Waals surface area contributed by atoms with Crippen molar-refractivity contribution in [1.82, 2.24) is 9.97 Å². The molecule has 0 spiro atoms. The van der Waals surface area contributed by atoms with Crippen LogP contribution in [-0.2, 0) is 28.5 Å². The van der Waals surface area contributed by atoms with Crippen molar-refractivity contribution in [2.45, 2.75) is 96.1 Å². The Hall–Kier alpha value is -2.86. The summed E-state index contributed by atoms with van der Waals surface area (Å²) in [5.41, 5.74) is 3.93. The van der Waals surface area contributed by atoms with E-state index < -0.39 is 48.1 Å². The Morgan fingerprint density at radius 2 is 1.92 bits per heavy atom. The van der Waals surface area contributed by atoms with Crippen LogP contribution in [-0.4, -0.2) is 72.5 Å². The van der Waals surface area contributed by atoms with Crippen molar-refractivity contribution in [3.63, 3.8) is 0 Å². The smallest absolute Gasteiger partial charge is 0.313 e. The normalized spacial score (nSPS) is 28.8. The van der Waals surface area contributed by atoms with Crippen molar-refractivity contribution >= 4 is 35.6 Å². The molecule has 2 aliphatic heterocycles. The summed E-state index contributed by atoms with van der Waals surface area (Å²) in [6.45, 7) is 5.80. The molecular weight excluding hydrogens is 509 g/mol. The average Bonchev–Trinajstić information content (AvgIpc) is 3.39. The molecule has 0 aromatic carbocycles. The molecule has 11 nitrogen and oxygen atoms in total. The van der Waals surface area contributed by atoms with Crippen LogP contribution in [0, 0.1) is 11.3 Å². The standard InChI is InChI=1S/C27H40FN5O6/c1-26(2,3)24(35)38-14-37-22-17(13-36-18(34)11-15-9-7-6-8-10-15)39-21(27(22,4)28)16-12-31-20-19(16)32-25(29)33-23(20)30-5/h12,15-17,21-22H,6-11,13-14H2,1-5H3,(H3,29,30,32,33)/t16?,17-,21+,22-,27+/m1/s1. The lowest BCUT2D eigenvalue weighted by Crippen LogP contribution is -2.46. The lowest BCUT2D eigenvalue weighted by molar-refractivity contribution is -0.180. The van der Waals surface area contributed by atoms with Gasteiger partial charge in [-0.05, 0) is 46.5 Å². The average molecular weight is 550 g/mol. The van der Waals surface area contributed by atoms with E-state index >= 15 is 4.39 Å². The van der Waals surface area contributed by atoms with E-state index in [2.05, 4.69) is 20.3 Å². The number of fused-ring (bicyclic) bond motifs is 1. The lowest BCUT2D eigenvalue weighted by atomic mass is 9.86. The summed E-state index contributed by atoms with van der Waals surface area (Å²) in [7, 11) is 1.68. The van der Waals surface area contributed by atoms with Gasteiger partial charge in [0.15, 0.2) is 18.3 Å². The van der Waals surface area contributed by atoms with Crippen molar-refractivity contribution in [3.05, 3.63) is 5.69 Å². The van der Waals surface area contributed by atoms with Crippen LogP contribution in [0.2, 0.25) is 0 Å². The number of aromatic nitrogens is 2. The SMILES string of the molecule is CNc1nc(N)nc2c1N=CC2[C@@H]1O[C@H](COC(=O)CC2CCCCC2)[C@@H](OCOC(=O)C(C)(C)C)[C@@]1(C)F. The maximum absolute atomic E-state index is 16.6. The van der Waals surface area contributed by atoms with E-state index in [0.717, 1.165) is 25.7 Å². The summed E-state index contributed by atoms with van der Waals surface area (Å²) >= 11 is 0. The molecule has 1 aromatic rings. The molecular formula is C27H40FN5O6. The number of halogens is 1. The molecule has 5 atom stereocenters. The molecule has 1 aliphatic carbocycles. The van der Waals surface area contributed by atoms with Gasteiger partial charge in [-0.25, -0.2) is 9.37 Å². The number of aliphatic imine (C=N–C) groups is 1. The van der Waals surface area contributed by atoms with Crippen LogP contribution in [0.4, 0.5) is 21.8 Å². The molecule has 4 rings (SSSR count). The Morgan fingerprint density at radius 1 is 1.21 bits per heavy atom. The monoisotopic (exact) mass is 549 g/mol. The fourth-order valence-corrected chi connectivity index (χ4v) is 5.46. The van der Waals surface area contributed by atoms with E-state index in [9.17, 15) is 9.59 Å². The summed E-state index contributed by atoms with van der Waals surface area (Å²) in [6.07, 6.45) is 4.07. The first-order valence-corrected chi connectivity index (χ1v) is 13.6. The van der Waals surface area contributed by atoms with Gasteiger partial charge in [0.1, 0.15) is 30.6 Å². The molecule has 3 heterocycles. The van der Waals surface area contributed by atoms with Crippen LogP contribution in [0.15, 0.2) is 4.99 Å². The second-order valence-electron chi connectivity index (χ2n) is 11.7. The first-order valence-electron chi connectivity index (χ1n) is 13.6. The van der Waals surface area contributed by atoms with Gasteiger partial charge in [-0.3, -0.25) is 14.6 Å². The van der Waals surface area contributed by atoms with Gasteiger partial charge in [0, 0.05) is 19.7 Å². The quantitative estimate of drug-likeness (QED) is 0.344. The van der Waals surface area contributed by atoms with Crippen LogP contribution in [0.25, 0.3) is 0 Å². The Bertz CT molecular complexity index is 1090. The third kappa shape index (κ3) is 6.49. The number of nitrogens with two attached hydrogens (primary N) is 1. The van der Waals surface area contributed by atoms with Crippen molar-refractivity contribution in [1.29, 1.82) is 0 Å². The molecule has 2 fully saturated rings. The highest BCUT2D eigenvalue weighted by molar-refractivity contribution is 5.85. The second kappa shape index (κ2) is 11.7. The van der Waals surface area contributed by atoms with E-state index in [1.165, 1.54) is 13.3 Å². The molecule has 0 amide bonds. The van der Waals surface area contributed by atoms with Crippen molar-refractivity contribution in [3.8, 4) is 0 Å². The van der Waals surface area contributed by atoms with E-state index in [-0.39, 0.29) is 18.5 Å². The summed E-state index contributed by atoms with van der Waals surface area (Å²) < 4.78 is 39.3. The van der Waals surface area contributed by atoms with Gasteiger partial charge in [0.05, 0.1) is 17.0 Å². The van der Waals surface area contributed by atoms with E-state index in [1.807, 2.05) is 0 Å². The number of nitrogens with one attached hydrogen (secondary N) is 1. The number of esters is 2. The largest absolute Gasteiger partial charge is 0.463 e. The minimum atomic E-state index is -2.09. The number of carbonyl (C=O) groups is 2. The minimum absolute atomic E-state index is 0.0160. The van der Waals surface area contributed by atoms with Gasteiger partial charge in [0.25, 0.3) is 0 Å². The lowest BCUT2D eigenvalue weighted by Gasteiger charge is -2.29. The zero-order valence-electron chi connectivity index (χ0n) is 23.4. The fourth-order valence-electron chi connectivity index (χ4n) is 5.46. The Labute approximate surface area is 228 Å². The first kappa shape index (κ1) is 29.1. The van der Waals surface area contributed by atoms with Crippen molar-refractivity contribution in [2.75, 3.05) is 31.5 Å². The van der Waals surface area contributed by atoms with Crippen LogP contribution in [0.5, 0.6) is 0 Å². The number of rotatable bonds is 9. The van der Waals surface area contributed by atoms with Crippen LogP contribution >= 0.6 is 0 Å². The Morgan fingerprint density at radius 3 is 2.59 bits per heavy atom. The predicted octanol–water partition coefficient (Wildman–Crippen LogP) is 3.84. The van der Waals surface area contributed by atoms with Gasteiger partial charge in [0.2, 0.25) is 5.95 Å². The number of hydrogen-bond donors (Lipinski definition) is 2. The van der Waals surface area contributed by atoms with E-state index in [0.29, 0.717) is 29.5 Å². The summed E-state index contributed by atoms with van der Waals surface area (Å²) in [5.74, 6) is -0.792. The van der Waals surface area contributed by atoms with Crippen LogP contribution < -0.4 is 11.1 Å². The van der Waals surface area contributed by atoms with Crippen molar-refractivity contribution < 1.29 is 32.9 Å². The zero-order chi connectivity index (χ0) is 28.4. The van der Waals surface area contributed by atoms with Gasteiger partial charge in [-0.2, -0.15) is 4.98 Å². The minimum Gasteiger partial charge on any atom is -0.463 e. The van der Waals surface area contributed by atoms with Crippen LogP contribution in [0.3, 0.4) is 0 Å². The number of alkyl halides is 1. The third-order valence-corrected chi connectivity index (χ3v) is 7.58. The Balaban J connectivity index is 1.50. The number of nitrogens with zero attached hydrogens (tertiary/aromatic N) is 3. The maximum Gasteiger partial charge on any atom is 0.313 e. The van der Waals surface area contributed by atoms with Crippen LogP contribution in [0.1, 0.15) is 77.8 Å². The molecule has 1 saturated carbocycles. The van der Waals surface area contributed by atoms with Gasteiger partial charge in [-0.1, -0.05) is 19.3 Å². The van der Waals surface area contributed by atoms with Gasteiger partial charge in [-0.15, -0.1) is 0 Å². The number of hydrogen-bond acceptors (Lipinski definition) is 11. The molecule has 0 radical (unpaired) electrons. The summed E-state index contributed by atoms with van der Waals surface area (Å²) in [5, 5.41) is 2.92. The van der Waals surface area contributed by atoms with Crippen molar-refractivity contribution in [2.24, 2.45) is 16.3 Å². The number of carbonyl (C=O) groups excluding carboxylic acids is 2. The molecule has 12 heteroatoms. The Kier molecular flexibility index (Phi) is 8.75. The molecule has 216 valence electrons. The van der Waals surface area contributed by atoms with E-state index in [4.69, 9.17) is 24.7 Å². The molecule has 39 heavy (non-hydrogen) atoms. The highest BCUT2D eigenvalue weighted by atomic mass is 19.1. The second-order valence-corrected chi connectivity index (χ2v) is 11.7. The highest BCUT2D eigenvalue weighted by Crippen LogP contribution is 2.47. The highest BCUT2D eigenvalue weighted by Gasteiger charge is 2.59. The topological polar surface area (TPSA) is 147 Å². The first-order chi connectivity index (χ1) is 18.4. The third-order valence-electron chi connectivity index (χ3n) is 7.58. The molecule has 3 N–H and O–H groups in total. The molecule has 1 saturated heterocycles. The fraction of sp³-hybridized carbons (Fsp3) is 0.741. The number of nitrogen functional groups attached to an aromatic ring is 1. The summed E-state index contributed by atoms with van der Waals surface area (Å²) in [6, 6.07) is 0. The maximum atomic E-state index is 16.6. The molecule has 1 unspecified atom stereocenters. The molecule has 3 aliphatic rings. The van der Waals surface area contributed by atoms with Gasteiger partial charge < -0.3 is 30.0 Å². The number of ether oxygens (including phenoxy) is 4. The zero-order valence-corrected chi connectivity index (χ0v) is 23.4.